The molecule has 0 unspecified atom stereocenters. The molecule has 1 rings (SSSR count). The van der Waals surface area contributed by atoms with Crippen molar-refractivity contribution in [3.05, 3.63) is 6.42 Å². The van der Waals surface area contributed by atoms with Gasteiger partial charge in [0, 0.05) is 12.8 Å². The summed E-state index contributed by atoms with van der Waals surface area (Å²) in [5, 5.41) is 0. The highest BCUT2D eigenvalue weighted by Crippen LogP contribution is 2.49. The third kappa shape index (κ3) is 2.34. The van der Waals surface area contributed by atoms with Crippen molar-refractivity contribution in [2.45, 2.75) is 21.5 Å². The van der Waals surface area contributed by atoms with Crippen LogP contribution in [-0.2, 0) is 0 Å². The van der Waals surface area contributed by atoms with Gasteiger partial charge < -0.3 is 0 Å². The van der Waals surface area contributed by atoms with Crippen LogP contribution in [0.3, 0.4) is 0 Å². The van der Waals surface area contributed by atoms with Gasteiger partial charge in [0.1, 0.15) is 8.67 Å². The van der Waals surface area contributed by atoms with Gasteiger partial charge in [-0.3, -0.25) is 0 Å². The second kappa shape index (κ2) is 2.34. The molecule has 0 saturated heterocycles. The van der Waals surface area contributed by atoms with E-state index < -0.39 is 8.67 Å². The van der Waals surface area contributed by atoms with Crippen LogP contribution in [0.4, 0.5) is 0 Å². The Bertz CT molecular complexity index is 104. The van der Waals surface area contributed by atoms with Crippen molar-refractivity contribution < 1.29 is 0 Å². The van der Waals surface area contributed by atoms with Gasteiger partial charge in [-0.05, 0) is 6.42 Å². The van der Waals surface area contributed by atoms with Crippen molar-refractivity contribution in [1.29, 1.82) is 0 Å². The SMILES string of the molecule is ClC1(Cl)[CH]CC(Cl)(Cl)C1. The van der Waals surface area contributed by atoms with E-state index in [1.54, 1.807) is 6.42 Å². The van der Waals surface area contributed by atoms with Crippen molar-refractivity contribution in [3.8, 4) is 0 Å². The molecule has 1 aliphatic rings. The minimum absolute atomic E-state index is 0.409. The van der Waals surface area contributed by atoms with Crippen molar-refractivity contribution in [3.63, 3.8) is 0 Å². The van der Waals surface area contributed by atoms with Gasteiger partial charge in [0.2, 0.25) is 0 Å². The van der Waals surface area contributed by atoms with E-state index >= 15 is 0 Å². The predicted octanol–water partition coefficient (Wildman–Crippen LogP) is 3.33. The summed E-state index contributed by atoms with van der Waals surface area (Å²) in [6.07, 6.45) is 2.69. The van der Waals surface area contributed by atoms with Crippen molar-refractivity contribution >= 4 is 46.4 Å². The molecule has 0 aromatic rings. The normalized spacial score (nSPS) is 30.7. The summed E-state index contributed by atoms with van der Waals surface area (Å²) < 4.78 is -1.56. The summed E-state index contributed by atoms with van der Waals surface area (Å²) in [5.41, 5.74) is 0. The van der Waals surface area contributed by atoms with Crippen molar-refractivity contribution in [1.82, 2.24) is 0 Å². The van der Waals surface area contributed by atoms with Gasteiger partial charge in [-0.25, -0.2) is 0 Å². The minimum Gasteiger partial charge on any atom is -0.102 e. The molecule has 53 valence electrons. The molecule has 0 aromatic heterocycles. The van der Waals surface area contributed by atoms with Crippen LogP contribution in [-0.4, -0.2) is 8.67 Å². The summed E-state index contributed by atoms with van der Waals surface area (Å²) in [4.78, 5) is 0. The molecule has 1 radical (unpaired) electrons. The van der Waals surface area contributed by atoms with Crippen LogP contribution in [0.5, 0.6) is 0 Å². The number of halogens is 4. The maximum atomic E-state index is 5.72. The molecule has 0 bridgehead atoms. The lowest BCUT2D eigenvalue weighted by Crippen LogP contribution is -2.11. The Morgan fingerprint density at radius 1 is 1.11 bits per heavy atom. The van der Waals surface area contributed by atoms with E-state index in [0.29, 0.717) is 12.8 Å². The monoisotopic (exact) mass is 205 g/mol. The van der Waals surface area contributed by atoms with Crippen LogP contribution in [0, 0.1) is 6.42 Å². The first-order chi connectivity index (χ1) is 3.91. The molecular formula is C5H5Cl4. The standard InChI is InChI=1S/C5H5Cl4/c6-4(7)1-2-5(8,9)3-4/h1H,2-3H2. The Morgan fingerprint density at radius 3 is 1.78 bits per heavy atom. The Hall–Kier alpha value is 1.16. The summed E-state index contributed by atoms with van der Waals surface area (Å²) in [6.45, 7) is 0. The Kier molecular flexibility index (Phi) is 2.14. The van der Waals surface area contributed by atoms with Gasteiger partial charge in [-0.15, -0.1) is 46.4 Å². The summed E-state index contributed by atoms with van der Waals surface area (Å²) in [6, 6.07) is 0. The quantitative estimate of drug-likeness (QED) is 0.534. The lowest BCUT2D eigenvalue weighted by Gasteiger charge is -2.12. The average molecular weight is 207 g/mol. The molecule has 0 heterocycles. The molecule has 9 heavy (non-hydrogen) atoms. The van der Waals surface area contributed by atoms with Gasteiger partial charge in [-0.2, -0.15) is 0 Å². The molecule has 0 N–H and O–H groups in total. The zero-order valence-electron chi connectivity index (χ0n) is 4.50. The van der Waals surface area contributed by atoms with Gasteiger partial charge in [-0.1, -0.05) is 0 Å². The molecule has 4 heteroatoms. The Morgan fingerprint density at radius 2 is 1.67 bits per heavy atom. The molecule has 0 atom stereocenters. The Balaban J connectivity index is 2.58. The van der Waals surface area contributed by atoms with Crippen LogP contribution < -0.4 is 0 Å². The van der Waals surface area contributed by atoms with Crippen molar-refractivity contribution in [2.75, 3.05) is 0 Å². The number of hydrogen-bond acceptors (Lipinski definition) is 0. The molecule has 1 fully saturated rings. The first-order valence-electron chi connectivity index (χ1n) is 2.51. The smallest absolute Gasteiger partial charge is 0.102 e. The van der Waals surface area contributed by atoms with Gasteiger partial charge in [0.25, 0.3) is 0 Å². The van der Waals surface area contributed by atoms with Crippen LogP contribution in [0.25, 0.3) is 0 Å². The Labute approximate surface area is 74.4 Å². The van der Waals surface area contributed by atoms with E-state index in [0.717, 1.165) is 0 Å². The zero-order chi connectivity index (χ0) is 7.12. The third-order valence-corrected chi connectivity index (χ3v) is 2.35. The maximum Gasteiger partial charge on any atom is 0.124 e. The van der Waals surface area contributed by atoms with Crippen LogP contribution in [0.1, 0.15) is 12.8 Å². The molecule has 1 aliphatic carbocycles. The third-order valence-electron chi connectivity index (χ3n) is 1.19. The van der Waals surface area contributed by atoms with Crippen molar-refractivity contribution in [2.24, 2.45) is 0 Å². The fourth-order valence-corrected chi connectivity index (χ4v) is 2.25. The highest BCUT2D eigenvalue weighted by atomic mass is 35.5. The lowest BCUT2D eigenvalue weighted by molar-refractivity contribution is 0.800. The second-order valence-electron chi connectivity index (χ2n) is 2.20. The number of hydrogen-bond donors (Lipinski definition) is 0. The first kappa shape index (κ1) is 8.26. The second-order valence-corrected chi connectivity index (χ2v) is 5.38. The van der Waals surface area contributed by atoms with E-state index in [1.807, 2.05) is 0 Å². The van der Waals surface area contributed by atoms with Crippen LogP contribution in [0.2, 0.25) is 0 Å². The molecule has 0 aliphatic heterocycles. The fourth-order valence-electron chi connectivity index (χ4n) is 0.788. The summed E-state index contributed by atoms with van der Waals surface area (Å²) >= 11 is 22.8. The molecular weight excluding hydrogens is 202 g/mol. The van der Waals surface area contributed by atoms with E-state index in [1.165, 1.54) is 0 Å². The van der Waals surface area contributed by atoms with Gasteiger partial charge in [0.15, 0.2) is 0 Å². The topological polar surface area (TPSA) is 0 Å². The summed E-state index contributed by atoms with van der Waals surface area (Å²) in [7, 11) is 0. The number of rotatable bonds is 0. The van der Waals surface area contributed by atoms with Crippen LogP contribution in [0.15, 0.2) is 0 Å². The highest BCUT2D eigenvalue weighted by molar-refractivity contribution is 6.54. The lowest BCUT2D eigenvalue weighted by atomic mass is 10.4. The molecule has 1 saturated carbocycles. The van der Waals surface area contributed by atoms with Gasteiger partial charge >= 0.3 is 0 Å². The van der Waals surface area contributed by atoms with E-state index in [4.69, 9.17) is 46.4 Å². The van der Waals surface area contributed by atoms with E-state index in [9.17, 15) is 0 Å². The van der Waals surface area contributed by atoms with E-state index in [2.05, 4.69) is 0 Å². The largest absolute Gasteiger partial charge is 0.124 e. The zero-order valence-corrected chi connectivity index (χ0v) is 7.53. The predicted molar refractivity (Wildman–Crippen MR) is 42.4 cm³/mol. The fraction of sp³-hybridized carbons (Fsp3) is 0.800. The summed E-state index contributed by atoms with van der Waals surface area (Å²) in [5.74, 6) is 0. The van der Waals surface area contributed by atoms with Crippen LogP contribution >= 0.6 is 46.4 Å². The maximum absolute atomic E-state index is 5.72. The first-order valence-corrected chi connectivity index (χ1v) is 4.03. The van der Waals surface area contributed by atoms with E-state index in [-0.39, 0.29) is 0 Å². The minimum atomic E-state index is -0.816. The highest BCUT2D eigenvalue weighted by Gasteiger charge is 2.44. The van der Waals surface area contributed by atoms with Gasteiger partial charge in [0.05, 0.1) is 0 Å². The molecule has 0 amide bonds. The molecule has 0 nitrogen and oxygen atoms in total. The number of alkyl halides is 4. The average Bonchev–Trinajstić information content (AvgIpc) is 1.78. The molecule has 0 aromatic carbocycles. The molecule has 0 spiro atoms.